The largest absolute Gasteiger partial charge is 0.391 e. The highest BCUT2D eigenvalue weighted by Gasteiger charge is 2.28. The molecular formula is C6H11NO3. The Morgan fingerprint density at radius 3 is 2.90 bits per heavy atom. The fraction of sp³-hybridized carbons (Fsp3) is 0.833. The van der Waals surface area contributed by atoms with Crippen LogP contribution in [0.2, 0.25) is 0 Å². The summed E-state index contributed by atoms with van der Waals surface area (Å²) < 4.78 is 4.96. The molecule has 4 nitrogen and oxygen atoms in total. The number of likely N-dealkylation sites (N-methyl/N-ethyl adjacent to an activating group) is 1. The van der Waals surface area contributed by atoms with Crippen LogP contribution in [0.3, 0.4) is 0 Å². The van der Waals surface area contributed by atoms with Gasteiger partial charge in [0.2, 0.25) is 5.91 Å². The van der Waals surface area contributed by atoms with E-state index >= 15 is 0 Å². The van der Waals surface area contributed by atoms with Gasteiger partial charge in [-0.3, -0.25) is 4.79 Å². The molecule has 0 aromatic rings. The monoisotopic (exact) mass is 145 g/mol. The summed E-state index contributed by atoms with van der Waals surface area (Å²) in [4.78, 5) is 10.8. The molecular weight excluding hydrogens is 134 g/mol. The summed E-state index contributed by atoms with van der Waals surface area (Å²) in [6.07, 6.45) is -0.498. The molecule has 4 heteroatoms. The molecule has 1 amide bonds. The third kappa shape index (κ3) is 1.46. The van der Waals surface area contributed by atoms with Gasteiger partial charge in [-0.1, -0.05) is 0 Å². The first-order valence-electron chi connectivity index (χ1n) is 3.25. The van der Waals surface area contributed by atoms with Crippen LogP contribution in [0.5, 0.6) is 0 Å². The number of amides is 1. The maximum atomic E-state index is 10.8. The Bertz CT molecular complexity index is 137. The number of carbonyl (C=O) groups is 1. The third-order valence-electron chi connectivity index (χ3n) is 1.51. The lowest BCUT2D eigenvalue weighted by Gasteiger charge is -2.05. The van der Waals surface area contributed by atoms with E-state index in [1.807, 2.05) is 0 Å². The Morgan fingerprint density at radius 2 is 2.50 bits per heavy atom. The molecule has 2 N–H and O–H groups in total. The number of rotatable bonds is 1. The molecule has 0 aromatic heterocycles. The number of aliphatic hydroxyl groups is 1. The molecule has 1 aliphatic rings. The van der Waals surface area contributed by atoms with E-state index in [1.165, 1.54) is 0 Å². The smallest absolute Gasteiger partial charge is 0.248 e. The molecule has 58 valence electrons. The Hall–Kier alpha value is -0.610. The molecule has 0 radical (unpaired) electrons. The highest BCUT2D eigenvalue weighted by molar-refractivity contribution is 5.80. The van der Waals surface area contributed by atoms with E-state index in [-0.39, 0.29) is 12.5 Å². The van der Waals surface area contributed by atoms with Gasteiger partial charge < -0.3 is 15.2 Å². The SMILES string of the molecule is CNC(=O)C1CC(O)CO1. The van der Waals surface area contributed by atoms with Crippen molar-refractivity contribution >= 4 is 5.91 Å². The average Bonchev–Trinajstić information content (AvgIpc) is 2.34. The third-order valence-corrected chi connectivity index (χ3v) is 1.51. The number of ether oxygens (including phenoxy) is 1. The van der Waals surface area contributed by atoms with Crippen LogP contribution in [-0.2, 0) is 9.53 Å². The van der Waals surface area contributed by atoms with Crippen molar-refractivity contribution in [2.45, 2.75) is 18.6 Å². The molecule has 0 aromatic carbocycles. The second-order valence-corrected chi connectivity index (χ2v) is 2.33. The minimum Gasteiger partial charge on any atom is -0.391 e. The number of nitrogens with one attached hydrogen (secondary N) is 1. The van der Waals surface area contributed by atoms with Crippen LogP contribution in [0.1, 0.15) is 6.42 Å². The van der Waals surface area contributed by atoms with E-state index in [4.69, 9.17) is 9.84 Å². The van der Waals surface area contributed by atoms with Crippen LogP contribution < -0.4 is 5.32 Å². The van der Waals surface area contributed by atoms with Gasteiger partial charge in [0.05, 0.1) is 12.7 Å². The second-order valence-electron chi connectivity index (χ2n) is 2.33. The first-order valence-corrected chi connectivity index (χ1v) is 3.25. The van der Waals surface area contributed by atoms with E-state index in [1.54, 1.807) is 7.05 Å². The van der Waals surface area contributed by atoms with Crippen LogP contribution in [-0.4, -0.2) is 36.9 Å². The second kappa shape index (κ2) is 2.98. The lowest BCUT2D eigenvalue weighted by Crippen LogP contribution is -2.31. The fourth-order valence-corrected chi connectivity index (χ4v) is 0.954. The molecule has 0 saturated carbocycles. The highest BCUT2D eigenvalue weighted by atomic mass is 16.5. The zero-order valence-corrected chi connectivity index (χ0v) is 5.83. The maximum absolute atomic E-state index is 10.8. The van der Waals surface area contributed by atoms with Crippen LogP contribution >= 0.6 is 0 Å². The van der Waals surface area contributed by atoms with Gasteiger partial charge in [0.1, 0.15) is 6.10 Å². The van der Waals surface area contributed by atoms with Crippen molar-refractivity contribution in [3.63, 3.8) is 0 Å². The number of hydrogen-bond donors (Lipinski definition) is 2. The standard InChI is InChI=1S/C6H11NO3/c1-7-6(9)5-2-4(8)3-10-5/h4-5,8H,2-3H2,1H3,(H,7,9). The topological polar surface area (TPSA) is 58.6 Å². The van der Waals surface area contributed by atoms with Crippen molar-refractivity contribution in [2.24, 2.45) is 0 Å². The van der Waals surface area contributed by atoms with Crippen molar-refractivity contribution in [3.05, 3.63) is 0 Å². The van der Waals surface area contributed by atoms with E-state index in [9.17, 15) is 4.79 Å². The van der Waals surface area contributed by atoms with Crippen LogP contribution in [0, 0.1) is 0 Å². The molecule has 1 aliphatic heterocycles. The van der Waals surface area contributed by atoms with Crippen molar-refractivity contribution in [3.8, 4) is 0 Å². The summed E-state index contributed by atoms with van der Waals surface area (Å²) in [5, 5.41) is 11.4. The number of hydrogen-bond acceptors (Lipinski definition) is 3. The number of carbonyl (C=O) groups excluding carboxylic acids is 1. The van der Waals surface area contributed by atoms with E-state index in [0.29, 0.717) is 6.42 Å². The molecule has 0 bridgehead atoms. The maximum Gasteiger partial charge on any atom is 0.248 e. The van der Waals surface area contributed by atoms with Gasteiger partial charge in [0, 0.05) is 13.5 Å². The van der Waals surface area contributed by atoms with E-state index < -0.39 is 12.2 Å². The zero-order valence-electron chi connectivity index (χ0n) is 5.83. The predicted molar refractivity (Wildman–Crippen MR) is 34.4 cm³/mol. The van der Waals surface area contributed by atoms with Gasteiger partial charge in [-0.05, 0) is 0 Å². The van der Waals surface area contributed by atoms with Crippen LogP contribution in [0.15, 0.2) is 0 Å². The molecule has 2 atom stereocenters. The summed E-state index contributed by atoms with van der Waals surface area (Å²) in [7, 11) is 1.55. The van der Waals surface area contributed by atoms with Crippen molar-refractivity contribution < 1.29 is 14.6 Å². The molecule has 10 heavy (non-hydrogen) atoms. The summed E-state index contributed by atoms with van der Waals surface area (Å²) in [6, 6.07) is 0. The lowest BCUT2D eigenvalue weighted by molar-refractivity contribution is -0.129. The molecule has 1 heterocycles. The first-order chi connectivity index (χ1) is 4.74. The minimum absolute atomic E-state index is 0.156. The zero-order chi connectivity index (χ0) is 7.56. The molecule has 1 saturated heterocycles. The highest BCUT2D eigenvalue weighted by Crippen LogP contribution is 2.12. The van der Waals surface area contributed by atoms with Gasteiger partial charge in [-0.15, -0.1) is 0 Å². The van der Waals surface area contributed by atoms with Gasteiger partial charge in [0.15, 0.2) is 0 Å². The fourth-order valence-electron chi connectivity index (χ4n) is 0.954. The molecule has 2 unspecified atom stereocenters. The van der Waals surface area contributed by atoms with E-state index in [0.717, 1.165) is 0 Å². The molecule has 0 spiro atoms. The summed E-state index contributed by atoms with van der Waals surface area (Å²) >= 11 is 0. The van der Waals surface area contributed by atoms with E-state index in [2.05, 4.69) is 5.32 Å². The van der Waals surface area contributed by atoms with Crippen LogP contribution in [0.25, 0.3) is 0 Å². The Morgan fingerprint density at radius 1 is 1.80 bits per heavy atom. The first kappa shape index (κ1) is 7.50. The Labute approximate surface area is 59.2 Å². The van der Waals surface area contributed by atoms with Gasteiger partial charge in [0.25, 0.3) is 0 Å². The lowest BCUT2D eigenvalue weighted by atomic mass is 10.2. The molecule has 1 rings (SSSR count). The molecule has 1 fully saturated rings. The summed E-state index contributed by atoms with van der Waals surface area (Å²) in [5.41, 5.74) is 0. The van der Waals surface area contributed by atoms with Gasteiger partial charge in [-0.25, -0.2) is 0 Å². The Kier molecular flexibility index (Phi) is 2.24. The molecule has 0 aliphatic carbocycles. The van der Waals surface area contributed by atoms with Crippen molar-refractivity contribution in [1.82, 2.24) is 5.32 Å². The average molecular weight is 145 g/mol. The van der Waals surface area contributed by atoms with Crippen molar-refractivity contribution in [1.29, 1.82) is 0 Å². The summed E-state index contributed by atoms with van der Waals surface area (Å²) in [5.74, 6) is -0.156. The minimum atomic E-state index is -0.470. The quantitative estimate of drug-likeness (QED) is 0.491. The number of aliphatic hydroxyl groups excluding tert-OH is 1. The summed E-state index contributed by atoms with van der Waals surface area (Å²) in [6.45, 7) is 0.276. The van der Waals surface area contributed by atoms with Crippen LogP contribution in [0.4, 0.5) is 0 Å². The normalized spacial score (nSPS) is 32.2. The van der Waals surface area contributed by atoms with Crippen molar-refractivity contribution in [2.75, 3.05) is 13.7 Å². The van der Waals surface area contributed by atoms with Gasteiger partial charge in [-0.2, -0.15) is 0 Å². The Balaban J connectivity index is 2.37. The predicted octanol–water partition coefficient (Wildman–Crippen LogP) is -1.12. The van der Waals surface area contributed by atoms with Gasteiger partial charge >= 0.3 is 0 Å².